The van der Waals surface area contributed by atoms with Crippen molar-refractivity contribution in [2.45, 2.75) is 31.1 Å². The fraction of sp³-hybridized carbons (Fsp3) is 0.800. The van der Waals surface area contributed by atoms with Crippen LogP contribution in [-0.4, -0.2) is 42.7 Å². The summed E-state index contributed by atoms with van der Waals surface area (Å²) in [6.07, 6.45) is 2.27. The Balaban J connectivity index is 2.35. The maximum Gasteiger partial charge on any atom is 0.195 e. The van der Waals surface area contributed by atoms with Gasteiger partial charge in [-0.15, -0.1) is 0 Å². The molecule has 1 aliphatic heterocycles. The molecular formula is C10H17N3O3S2. The molecule has 0 amide bonds. The van der Waals surface area contributed by atoms with Crippen LogP contribution in [0.15, 0.2) is 0 Å². The van der Waals surface area contributed by atoms with Crippen molar-refractivity contribution in [1.82, 2.24) is 14.8 Å². The van der Waals surface area contributed by atoms with Crippen LogP contribution < -0.4 is 0 Å². The number of sulfone groups is 1. The molecule has 1 aromatic rings. The molecule has 0 aliphatic carbocycles. The maximum absolute atomic E-state index is 12.1. The highest BCUT2D eigenvalue weighted by Gasteiger charge is 2.33. The van der Waals surface area contributed by atoms with E-state index in [0.29, 0.717) is 30.2 Å². The minimum atomic E-state index is -3.10. The van der Waals surface area contributed by atoms with Crippen molar-refractivity contribution in [1.29, 1.82) is 0 Å². The minimum Gasteiger partial charge on any atom is -0.383 e. The predicted molar refractivity (Wildman–Crippen MR) is 69.7 cm³/mol. The van der Waals surface area contributed by atoms with E-state index in [1.54, 1.807) is 11.7 Å². The Hall–Kier alpha value is -0.730. The van der Waals surface area contributed by atoms with Crippen LogP contribution in [-0.2, 0) is 21.1 Å². The quantitative estimate of drug-likeness (QED) is 0.844. The lowest BCUT2D eigenvalue weighted by Gasteiger charge is -2.21. The van der Waals surface area contributed by atoms with E-state index < -0.39 is 15.1 Å². The van der Waals surface area contributed by atoms with E-state index in [-0.39, 0.29) is 5.75 Å². The Kier molecular flexibility index (Phi) is 4.18. The van der Waals surface area contributed by atoms with Gasteiger partial charge in [-0.2, -0.15) is 5.10 Å². The van der Waals surface area contributed by atoms with Gasteiger partial charge in [0, 0.05) is 7.11 Å². The Labute approximate surface area is 111 Å². The SMILES string of the molecule is COCCn1c(C2CCCCS2(=O)=O)n[nH]c1=S. The van der Waals surface area contributed by atoms with Crippen molar-refractivity contribution in [2.24, 2.45) is 0 Å². The van der Waals surface area contributed by atoms with Crippen LogP contribution in [0.25, 0.3) is 0 Å². The Morgan fingerprint density at radius 1 is 1.56 bits per heavy atom. The molecule has 2 rings (SSSR count). The molecule has 8 heteroatoms. The summed E-state index contributed by atoms with van der Waals surface area (Å²) in [6, 6.07) is 0. The average molecular weight is 291 g/mol. The van der Waals surface area contributed by atoms with Crippen LogP contribution in [0.5, 0.6) is 0 Å². The largest absolute Gasteiger partial charge is 0.383 e. The molecule has 1 saturated heterocycles. The Bertz CT molecular complexity index is 561. The van der Waals surface area contributed by atoms with E-state index in [1.807, 2.05) is 0 Å². The van der Waals surface area contributed by atoms with Crippen LogP contribution in [0.4, 0.5) is 0 Å². The number of hydrogen-bond acceptors (Lipinski definition) is 5. The molecule has 6 nitrogen and oxygen atoms in total. The number of H-pyrrole nitrogens is 1. The van der Waals surface area contributed by atoms with Gasteiger partial charge in [-0.25, -0.2) is 8.42 Å². The monoisotopic (exact) mass is 291 g/mol. The van der Waals surface area contributed by atoms with E-state index in [1.165, 1.54) is 0 Å². The third kappa shape index (κ3) is 2.65. The highest BCUT2D eigenvalue weighted by molar-refractivity contribution is 7.91. The van der Waals surface area contributed by atoms with Crippen molar-refractivity contribution < 1.29 is 13.2 Å². The molecular weight excluding hydrogens is 274 g/mol. The van der Waals surface area contributed by atoms with Crippen molar-refractivity contribution in [2.75, 3.05) is 19.5 Å². The molecule has 0 saturated carbocycles. The lowest BCUT2D eigenvalue weighted by atomic mass is 10.2. The van der Waals surface area contributed by atoms with Gasteiger partial charge in [-0.3, -0.25) is 5.10 Å². The first-order valence-corrected chi connectivity index (χ1v) is 8.04. The summed E-state index contributed by atoms with van der Waals surface area (Å²) in [5.74, 6) is 0.762. The van der Waals surface area contributed by atoms with Gasteiger partial charge in [-0.1, -0.05) is 6.42 Å². The summed E-state index contributed by atoms with van der Waals surface area (Å²) in [7, 11) is -1.50. The molecule has 0 aromatic carbocycles. The lowest BCUT2D eigenvalue weighted by molar-refractivity contribution is 0.185. The maximum atomic E-state index is 12.1. The van der Waals surface area contributed by atoms with E-state index in [0.717, 1.165) is 12.8 Å². The fourth-order valence-electron chi connectivity index (χ4n) is 2.22. The normalized spacial score (nSPS) is 23.1. The van der Waals surface area contributed by atoms with Crippen molar-refractivity contribution in [3.05, 3.63) is 10.6 Å². The van der Waals surface area contributed by atoms with Gasteiger partial charge in [-0.05, 0) is 25.1 Å². The van der Waals surface area contributed by atoms with E-state index >= 15 is 0 Å². The molecule has 0 spiro atoms. The standard InChI is InChI=1S/C10H17N3O3S2/c1-16-6-5-13-9(11-12-10(13)17)8-4-2-3-7-18(8,14)15/h8H,2-7H2,1H3,(H,12,17). The minimum absolute atomic E-state index is 0.238. The molecule has 0 radical (unpaired) electrons. The highest BCUT2D eigenvalue weighted by atomic mass is 32.2. The number of nitrogens with zero attached hydrogens (tertiary/aromatic N) is 2. The van der Waals surface area contributed by atoms with Gasteiger partial charge in [0.1, 0.15) is 11.1 Å². The summed E-state index contributed by atoms with van der Waals surface area (Å²) in [6.45, 7) is 1.00. The number of rotatable bonds is 4. The topological polar surface area (TPSA) is 77.0 Å². The Morgan fingerprint density at radius 3 is 3.00 bits per heavy atom. The number of nitrogens with one attached hydrogen (secondary N) is 1. The van der Waals surface area contributed by atoms with Gasteiger partial charge in [0.15, 0.2) is 14.6 Å². The number of hydrogen-bond donors (Lipinski definition) is 1. The summed E-state index contributed by atoms with van der Waals surface area (Å²) in [4.78, 5) is 0. The molecule has 1 aromatic heterocycles. The second-order valence-electron chi connectivity index (χ2n) is 4.38. The second-order valence-corrected chi connectivity index (χ2v) is 7.07. The van der Waals surface area contributed by atoms with Crippen molar-refractivity contribution >= 4 is 22.1 Å². The molecule has 0 bridgehead atoms. The summed E-state index contributed by atoms with van der Waals surface area (Å²) >= 11 is 5.13. The molecule has 18 heavy (non-hydrogen) atoms. The summed E-state index contributed by atoms with van der Waals surface area (Å²) in [5.41, 5.74) is 0. The van der Waals surface area contributed by atoms with Crippen LogP contribution in [0.2, 0.25) is 0 Å². The van der Waals surface area contributed by atoms with E-state index in [4.69, 9.17) is 17.0 Å². The van der Waals surface area contributed by atoms with Crippen LogP contribution in [0.3, 0.4) is 0 Å². The molecule has 1 aliphatic rings. The lowest BCUT2D eigenvalue weighted by Crippen LogP contribution is -2.25. The molecule has 1 fully saturated rings. The van der Waals surface area contributed by atoms with Gasteiger partial charge in [0.2, 0.25) is 0 Å². The third-order valence-electron chi connectivity index (χ3n) is 3.17. The van der Waals surface area contributed by atoms with Crippen molar-refractivity contribution in [3.8, 4) is 0 Å². The Morgan fingerprint density at radius 2 is 2.33 bits per heavy atom. The number of methoxy groups -OCH3 is 1. The average Bonchev–Trinajstić information content (AvgIpc) is 2.67. The van der Waals surface area contributed by atoms with Gasteiger partial charge in [0.05, 0.1) is 18.9 Å². The van der Waals surface area contributed by atoms with Crippen LogP contribution in [0.1, 0.15) is 30.3 Å². The molecule has 2 heterocycles. The highest BCUT2D eigenvalue weighted by Crippen LogP contribution is 2.32. The van der Waals surface area contributed by atoms with E-state index in [2.05, 4.69) is 10.2 Å². The van der Waals surface area contributed by atoms with E-state index in [9.17, 15) is 8.42 Å². The predicted octanol–water partition coefficient (Wildman–Crippen LogP) is 1.23. The zero-order chi connectivity index (χ0) is 13.2. The van der Waals surface area contributed by atoms with Crippen LogP contribution in [0, 0.1) is 4.77 Å². The zero-order valence-electron chi connectivity index (χ0n) is 10.3. The first-order valence-electron chi connectivity index (χ1n) is 5.92. The summed E-state index contributed by atoms with van der Waals surface area (Å²) < 4.78 is 31.4. The number of ether oxygens (including phenoxy) is 1. The smallest absolute Gasteiger partial charge is 0.195 e. The second kappa shape index (κ2) is 5.50. The van der Waals surface area contributed by atoms with Gasteiger partial charge >= 0.3 is 0 Å². The molecule has 1 unspecified atom stereocenters. The fourth-order valence-corrected chi connectivity index (χ4v) is 4.37. The molecule has 1 atom stereocenters. The third-order valence-corrected chi connectivity index (χ3v) is 5.66. The molecule has 1 N–H and O–H groups in total. The summed E-state index contributed by atoms with van der Waals surface area (Å²) in [5, 5.41) is 6.24. The molecule has 102 valence electrons. The number of aromatic nitrogens is 3. The first kappa shape index (κ1) is 13.7. The first-order chi connectivity index (χ1) is 8.56. The van der Waals surface area contributed by atoms with Gasteiger partial charge < -0.3 is 9.30 Å². The zero-order valence-corrected chi connectivity index (χ0v) is 11.9. The van der Waals surface area contributed by atoms with Crippen LogP contribution >= 0.6 is 12.2 Å². The van der Waals surface area contributed by atoms with Gasteiger partial charge in [0.25, 0.3) is 0 Å². The van der Waals surface area contributed by atoms with Crippen molar-refractivity contribution in [3.63, 3.8) is 0 Å². The number of aromatic amines is 1.